The molecule has 0 aromatic heterocycles. The van der Waals surface area contributed by atoms with Gasteiger partial charge in [-0.05, 0) is 118 Å². The number of rotatable bonds is 21. The van der Waals surface area contributed by atoms with Gasteiger partial charge in [0.1, 0.15) is 122 Å². The van der Waals surface area contributed by atoms with Crippen LogP contribution in [0.15, 0.2) is 11.6 Å². The van der Waals surface area contributed by atoms with Crippen molar-refractivity contribution in [2.75, 3.05) is 33.5 Å². The monoisotopic (exact) mass is 1440 g/mol. The first-order valence-electron chi connectivity index (χ1n) is 35.0. The highest BCUT2D eigenvalue weighted by Crippen LogP contribution is 2.76. The molecule has 9 fully saturated rings. The molecule has 10 rings (SSSR count). The van der Waals surface area contributed by atoms with Crippen molar-refractivity contribution in [1.82, 2.24) is 5.32 Å². The summed E-state index contributed by atoms with van der Waals surface area (Å²) < 4.78 is 72.7. The molecule has 0 radical (unpaired) electrons. The Bertz CT molecular complexity index is 2840. The van der Waals surface area contributed by atoms with Crippen molar-refractivity contribution in [3.8, 4) is 0 Å². The lowest BCUT2D eigenvalue weighted by Crippen LogP contribution is -2.69. The molecule has 5 heterocycles. The van der Waals surface area contributed by atoms with Crippen LogP contribution in [0.25, 0.3) is 0 Å². The second-order valence-electron chi connectivity index (χ2n) is 31.4. The van der Waals surface area contributed by atoms with Crippen molar-refractivity contribution in [3.05, 3.63) is 11.6 Å². The van der Waals surface area contributed by atoms with Crippen LogP contribution < -0.4 is 5.32 Å². The van der Waals surface area contributed by atoms with E-state index in [2.05, 4.69) is 46.0 Å². The molecular formula is C67H109NO32. The highest BCUT2D eigenvalue weighted by atomic mass is 16.8. The molecule has 33 nitrogen and oxygen atoms in total. The number of carbonyl (C=O) groups is 3. The molecule has 1 amide bonds. The van der Waals surface area contributed by atoms with Crippen LogP contribution in [-0.4, -0.2) is 323 Å². The molecule has 33 heteroatoms. The zero-order chi connectivity index (χ0) is 73.6. The molecule has 18 N–H and O–H groups in total. The number of hydrogen-bond donors (Lipinski definition) is 18. The van der Waals surface area contributed by atoms with Crippen LogP contribution in [0.3, 0.4) is 0 Å². The molecule has 0 spiro atoms. The average Bonchev–Trinajstić information content (AvgIpc) is 0.669. The number of fused-ring (bicyclic) bond motifs is 7. The summed E-state index contributed by atoms with van der Waals surface area (Å²) in [6, 6.07) is 0. The van der Waals surface area contributed by atoms with Gasteiger partial charge in [-0.15, -0.1) is 0 Å². The fourth-order valence-electron chi connectivity index (χ4n) is 18.9. The predicted molar refractivity (Wildman–Crippen MR) is 335 cm³/mol. The lowest BCUT2D eigenvalue weighted by atomic mass is 9.33. The Morgan fingerprint density at radius 2 is 1.20 bits per heavy atom. The normalized spacial score (nSPS) is 50.7. The zero-order valence-electron chi connectivity index (χ0n) is 58.1. The number of ether oxygens (including phenoxy) is 12. The maximum atomic E-state index is 15.8. The Labute approximate surface area is 579 Å². The minimum atomic E-state index is -2.16. The van der Waals surface area contributed by atoms with Gasteiger partial charge in [0, 0.05) is 13.7 Å². The number of nitrogens with one attached hydrogen (secondary N) is 1. The molecule has 100 heavy (non-hydrogen) atoms. The summed E-state index contributed by atoms with van der Waals surface area (Å²) in [6.07, 6.45) is -48.0. The van der Waals surface area contributed by atoms with Crippen LogP contribution in [0.2, 0.25) is 0 Å². The standard InChI is InChI=1S/C67H109NO32/c1-11-68-54(87)50(89-10)49(86)53(96-55-46(83)39(76)30(72)24-90-55)60(99-57-48(85)43(80)41(78)32(23-70)94-57)95-36-15-16-63(6)33(64(36,7)25-71)14-17-65(8)34(63)13-12-28-29-20-62(4,5)18-19-67(29,35(73)21-66(28,65)9)61(88)100-59-52(45(82)38(75)27(3)92-59)98-58-51(44(81)37(74)26(2)91-58)97-56-47(84)42(79)40(77)31(22-69)93-56/h12,25-27,29-53,55-60,69-70,72-86H,11,13-24H2,1-10H3,(H,68,87)/t26?,27?,29?,30?,31?,32?,33?,34?,35-,36+,37?,38?,39?,40?,41?,42?,43?,44?,45?,46?,47?,48?,49?,50?,51?,52?,53?,55?,56?,57?,58?,59?,60?,63+,64+,65-,66-,67-/m1/s1. The second-order valence-corrected chi connectivity index (χ2v) is 31.4. The van der Waals surface area contributed by atoms with Crippen molar-refractivity contribution in [3.63, 3.8) is 0 Å². The van der Waals surface area contributed by atoms with E-state index < -0.39 is 260 Å². The van der Waals surface area contributed by atoms with E-state index in [1.165, 1.54) is 13.8 Å². The van der Waals surface area contributed by atoms with E-state index in [-0.39, 0.29) is 31.7 Å². The van der Waals surface area contributed by atoms with Gasteiger partial charge in [-0.1, -0.05) is 53.2 Å². The van der Waals surface area contributed by atoms with Crippen LogP contribution in [0.5, 0.6) is 0 Å². The predicted octanol–water partition coefficient (Wildman–Crippen LogP) is -5.15. The molecular weight excluding hydrogens is 1330 g/mol. The number of aliphatic hydroxyl groups is 17. The molecule has 574 valence electrons. The van der Waals surface area contributed by atoms with Gasteiger partial charge in [0.05, 0.1) is 49.7 Å². The number of hydrogen-bond acceptors (Lipinski definition) is 32. The Hall–Kier alpha value is -2.77. The number of aliphatic hydroxyl groups excluding tert-OH is 17. The Morgan fingerprint density at radius 3 is 1.79 bits per heavy atom. The first kappa shape index (κ1) is 79.8. The summed E-state index contributed by atoms with van der Waals surface area (Å²) in [5.74, 6) is -3.20. The first-order valence-corrected chi connectivity index (χ1v) is 35.0. The third kappa shape index (κ3) is 13.8. The third-order valence-electron chi connectivity index (χ3n) is 25.1. The van der Waals surface area contributed by atoms with E-state index in [0.717, 1.165) is 19.0 Å². The topological polar surface area (TPSA) is 518 Å². The van der Waals surface area contributed by atoms with E-state index in [1.54, 1.807) is 13.8 Å². The summed E-state index contributed by atoms with van der Waals surface area (Å²) in [6.45, 7) is 14.4. The highest BCUT2D eigenvalue weighted by Gasteiger charge is 2.73. The fourth-order valence-corrected chi connectivity index (χ4v) is 18.9. The van der Waals surface area contributed by atoms with E-state index in [9.17, 15) is 96.4 Å². The van der Waals surface area contributed by atoms with Crippen LogP contribution in [0.4, 0.5) is 0 Å². The van der Waals surface area contributed by atoms with Crippen molar-refractivity contribution in [2.24, 2.45) is 50.2 Å². The SMILES string of the molecule is CCNC(=O)C(OC)C(O)C(OC1OCC(O)C(O)C1O)C(OC1OC(CO)C(O)C(O)C1O)O[C@H]1CC[C@@]2(C)C(CC[C@]3(C)C2CC=C2C4CC(C)(C)CC[C@]4(C(=O)OC4OC(C)C(O)C(O)C4OC4OC(C)C(O)C(O)C4OC4OC(CO)C(O)C(O)C4O)[C@H](O)C[C@]23C)[C@]1(C)C=O. The summed E-state index contributed by atoms with van der Waals surface area (Å²) in [7, 11) is 1.10. The second kappa shape index (κ2) is 30.5. The van der Waals surface area contributed by atoms with Gasteiger partial charge in [-0.2, -0.15) is 0 Å². The molecule has 5 saturated heterocycles. The Balaban J connectivity index is 0.955. The molecule has 31 unspecified atom stereocenters. The van der Waals surface area contributed by atoms with Crippen LogP contribution >= 0.6 is 0 Å². The largest absolute Gasteiger partial charge is 0.432 e. The van der Waals surface area contributed by atoms with Crippen LogP contribution in [-0.2, 0) is 71.2 Å². The lowest BCUT2D eigenvalue weighted by molar-refractivity contribution is -0.388. The maximum Gasteiger partial charge on any atom is 0.317 e. The van der Waals surface area contributed by atoms with Crippen molar-refractivity contribution in [1.29, 1.82) is 0 Å². The quantitative estimate of drug-likeness (QED) is 0.0221. The molecule has 5 aliphatic carbocycles. The number of amides is 1. The smallest absolute Gasteiger partial charge is 0.317 e. The number of allylic oxidation sites excluding steroid dienone is 2. The molecule has 0 aromatic rings. The number of methoxy groups -OCH3 is 1. The van der Waals surface area contributed by atoms with Crippen molar-refractivity contribution < 1.29 is 158 Å². The van der Waals surface area contributed by atoms with Gasteiger partial charge >= 0.3 is 5.97 Å². The molecule has 38 atom stereocenters. The first-order chi connectivity index (χ1) is 46.9. The van der Waals surface area contributed by atoms with Crippen LogP contribution in [0, 0.1) is 50.2 Å². The van der Waals surface area contributed by atoms with E-state index in [0.29, 0.717) is 38.5 Å². The highest BCUT2D eigenvalue weighted by molar-refractivity contribution is 5.81. The number of carbonyl (C=O) groups excluding carboxylic acids is 3. The van der Waals surface area contributed by atoms with Gasteiger partial charge < -0.3 is 154 Å². The van der Waals surface area contributed by atoms with E-state index in [4.69, 9.17) is 56.8 Å². The number of likely N-dealkylation sites (N-methyl/N-ethyl adjacent to an activating group) is 1. The third-order valence-corrected chi connectivity index (χ3v) is 25.1. The van der Waals surface area contributed by atoms with Gasteiger partial charge in [-0.3, -0.25) is 9.59 Å². The van der Waals surface area contributed by atoms with Crippen molar-refractivity contribution in [2.45, 2.75) is 304 Å². The van der Waals surface area contributed by atoms with Gasteiger partial charge in [0.25, 0.3) is 5.91 Å². The molecule has 4 saturated carbocycles. The van der Waals surface area contributed by atoms with Crippen LogP contribution in [0.1, 0.15) is 120 Å². The minimum absolute atomic E-state index is 0.0400. The molecule has 5 aliphatic heterocycles. The number of aldehydes is 1. The summed E-state index contributed by atoms with van der Waals surface area (Å²) in [5, 5.41) is 192. The zero-order valence-corrected chi connectivity index (χ0v) is 58.1. The Morgan fingerprint density at radius 1 is 0.630 bits per heavy atom. The maximum absolute atomic E-state index is 15.8. The van der Waals surface area contributed by atoms with Gasteiger partial charge in [-0.25, -0.2) is 0 Å². The Kier molecular flexibility index (Phi) is 24.3. The van der Waals surface area contributed by atoms with Crippen molar-refractivity contribution >= 4 is 18.2 Å². The summed E-state index contributed by atoms with van der Waals surface area (Å²) >= 11 is 0. The summed E-state index contributed by atoms with van der Waals surface area (Å²) in [5.41, 5.74) is -4.87. The average molecular weight is 1440 g/mol. The molecule has 10 aliphatic rings. The minimum Gasteiger partial charge on any atom is -0.432 e. The van der Waals surface area contributed by atoms with Gasteiger partial charge in [0.2, 0.25) is 6.29 Å². The summed E-state index contributed by atoms with van der Waals surface area (Å²) in [4.78, 5) is 43.8. The number of esters is 1. The molecule has 0 bridgehead atoms. The van der Waals surface area contributed by atoms with E-state index >= 15 is 4.79 Å². The fraction of sp³-hybridized carbons (Fsp3) is 0.925. The van der Waals surface area contributed by atoms with Gasteiger partial charge in [0.15, 0.2) is 43.7 Å². The van der Waals surface area contributed by atoms with E-state index in [1.807, 2.05) is 0 Å². The molecule has 0 aromatic carbocycles. The lowest BCUT2D eigenvalue weighted by Gasteiger charge is -2.71.